The van der Waals surface area contributed by atoms with E-state index in [1.54, 1.807) is 0 Å². The van der Waals surface area contributed by atoms with Gasteiger partial charge in [-0.05, 0) is 31.7 Å². The molecule has 104 valence electrons. The number of ether oxygens (including phenoxy) is 1. The number of rotatable bonds is 5. The first-order chi connectivity index (χ1) is 9.13. The zero-order valence-corrected chi connectivity index (χ0v) is 12.0. The van der Waals surface area contributed by atoms with E-state index in [0.29, 0.717) is 17.2 Å². The van der Waals surface area contributed by atoms with Crippen molar-refractivity contribution in [1.82, 2.24) is 0 Å². The quantitative estimate of drug-likeness (QED) is 0.813. The van der Waals surface area contributed by atoms with Crippen LogP contribution in [0.15, 0.2) is 23.1 Å². The Morgan fingerprint density at radius 1 is 1.58 bits per heavy atom. The summed E-state index contributed by atoms with van der Waals surface area (Å²) in [6, 6.07) is 5.54. The number of anilines is 1. The topological polar surface area (TPSA) is 58.6 Å². The highest BCUT2D eigenvalue weighted by Crippen LogP contribution is 2.28. The Morgan fingerprint density at radius 2 is 2.37 bits per heavy atom. The monoisotopic (exact) mass is 281 g/mol. The molecular formula is C14H19NO3S. The van der Waals surface area contributed by atoms with E-state index in [9.17, 15) is 9.90 Å². The first kappa shape index (κ1) is 14.2. The first-order valence-corrected chi connectivity index (χ1v) is 7.61. The molecule has 1 aliphatic heterocycles. The Bertz CT molecular complexity index is 464. The smallest absolute Gasteiger partial charge is 0.338 e. The maximum atomic E-state index is 11.4. The van der Waals surface area contributed by atoms with Crippen LogP contribution in [0.2, 0.25) is 0 Å². The third-order valence-electron chi connectivity index (χ3n) is 3.55. The summed E-state index contributed by atoms with van der Waals surface area (Å²) in [4.78, 5) is 12.2. The molecule has 1 aromatic rings. The molecule has 1 heterocycles. The Hall–Kier alpha value is -1.20. The molecule has 0 radical (unpaired) electrons. The van der Waals surface area contributed by atoms with Crippen molar-refractivity contribution >= 4 is 23.4 Å². The molecule has 0 aliphatic carbocycles. The maximum Gasteiger partial charge on any atom is 0.338 e. The second-order valence-corrected chi connectivity index (χ2v) is 5.54. The van der Waals surface area contributed by atoms with Gasteiger partial charge >= 0.3 is 5.97 Å². The highest BCUT2D eigenvalue weighted by molar-refractivity contribution is 7.98. The lowest BCUT2D eigenvalue weighted by Gasteiger charge is -2.17. The van der Waals surface area contributed by atoms with Crippen LogP contribution in [-0.2, 0) is 4.74 Å². The second kappa shape index (κ2) is 6.30. The van der Waals surface area contributed by atoms with Gasteiger partial charge in [-0.3, -0.25) is 0 Å². The molecule has 0 bridgehead atoms. The summed E-state index contributed by atoms with van der Waals surface area (Å²) in [7, 11) is 0. The molecule has 1 aromatic carbocycles. The molecule has 5 heteroatoms. The van der Waals surface area contributed by atoms with Crippen LogP contribution < -0.4 is 5.32 Å². The van der Waals surface area contributed by atoms with E-state index in [2.05, 4.69) is 12.2 Å². The van der Waals surface area contributed by atoms with Crippen molar-refractivity contribution in [3.05, 3.63) is 23.8 Å². The third-order valence-corrected chi connectivity index (χ3v) is 4.33. The number of aromatic carboxylic acids is 1. The number of carbonyl (C=O) groups is 1. The third kappa shape index (κ3) is 3.22. The largest absolute Gasteiger partial charge is 0.478 e. The molecule has 0 saturated carbocycles. The Morgan fingerprint density at radius 3 is 2.95 bits per heavy atom. The number of nitrogens with one attached hydrogen (secondary N) is 1. The molecule has 2 N–H and O–H groups in total. The number of carboxylic acid groups (broad SMARTS) is 1. The van der Waals surface area contributed by atoms with Gasteiger partial charge in [-0.15, -0.1) is 11.8 Å². The lowest BCUT2D eigenvalue weighted by molar-refractivity contribution is 0.0694. The molecular weight excluding hydrogens is 262 g/mol. The van der Waals surface area contributed by atoms with Crippen molar-refractivity contribution in [2.45, 2.75) is 24.3 Å². The molecule has 0 spiro atoms. The summed E-state index contributed by atoms with van der Waals surface area (Å²) < 4.78 is 5.52. The van der Waals surface area contributed by atoms with Crippen molar-refractivity contribution in [3.63, 3.8) is 0 Å². The lowest BCUT2D eigenvalue weighted by Crippen LogP contribution is -2.21. The van der Waals surface area contributed by atoms with E-state index >= 15 is 0 Å². The normalized spacial score (nSPS) is 22.4. The van der Waals surface area contributed by atoms with Gasteiger partial charge in [0.1, 0.15) is 0 Å². The predicted octanol–water partition coefficient (Wildman–Crippen LogP) is 2.94. The number of thioether (sulfide) groups is 1. The van der Waals surface area contributed by atoms with Gasteiger partial charge in [-0.25, -0.2) is 4.79 Å². The van der Waals surface area contributed by atoms with Crippen molar-refractivity contribution < 1.29 is 14.6 Å². The van der Waals surface area contributed by atoms with Crippen molar-refractivity contribution in [2.75, 3.05) is 24.7 Å². The summed E-state index contributed by atoms with van der Waals surface area (Å²) in [5.74, 6) is -0.442. The number of carboxylic acids is 1. The van der Waals surface area contributed by atoms with Gasteiger partial charge in [0.15, 0.2) is 0 Å². The van der Waals surface area contributed by atoms with E-state index in [-0.39, 0.29) is 6.10 Å². The molecule has 4 nitrogen and oxygen atoms in total. The summed E-state index contributed by atoms with van der Waals surface area (Å²) in [6.07, 6.45) is 3.15. The number of hydrogen-bond donors (Lipinski definition) is 2. The van der Waals surface area contributed by atoms with Crippen LogP contribution in [0.1, 0.15) is 23.7 Å². The molecule has 2 atom stereocenters. The average molecular weight is 281 g/mol. The minimum atomic E-state index is -0.886. The van der Waals surface area contributed by atoms with Gasteiger partial charge in [0.05, 0.1) is 11.7 Å². The van der Waals surface area contributed by atoms with Gasteiger partial charge in [-0.1, -0.05) is 6.07 Å². The van der Waals surface area contributed by atoms with Crippen LogP contribution in [-0.4, -0.2) is 36.6 Å². The molecule has 2 rings (SSSR count). The fourth-order valence-electron chi connectivity index (χ4n) is 2.35. The SMILES string of the molecule is CSc1cccc(NCC2CCOC2C)c1C(=O)O. The summed E-state index contributed by atoms with van der Waals surface area (Å²) in [5, 5.41) is 12.6. The Kier molecular flexibility index (Phi) is 4.71. The van der Waals surface area contributed by atoms with Gasteiger partial charge in [-0.2, -0.15) is 0 Å². The Labute approximate surface area is 117 Å². The molecule has 0 aromatic heterocycles. The maximum absolute atomic E-state index is 11.4. The van der Waals surface area contributed by atoms with E-state index in [4.69, 9.17) is 4.74 Å². The molecule has 1 aliphatic rings. The van der Waals surface area contributed by atoms with Crippen LogP contribution in [0.25, 0.3) is 0 Å². The van der Waals surface area contributed by atoms with E-state index in [1.807, 2.05) is 24.5 Å². The fourth-order valence-corrected chi connectivity index (χ4v) is 2.97. The zero-order chi connectivity index (χ0) is 13.8. The summed E-state index contributed by atoms with van der Waals surface area (Å²) in [5.41, 5.74) is 1.06. The zero-order valence-electron chi connectivity index (χ0n) is 11.2. The summed E-state index contributed by atoms with van der Waals surface area (Å²) >= 11 is 1.45. The van der Waals surface area contributed by atoms with Crippen LogP contribution in [0, 0.1) is 5.92 Å². The van der Waals surface area contributed by atoms with Crippen molar-refractivity contribution in [2.24, 2.45) is 5.92 Å². The first-order valence-electron chi connectivity index (χ1n) is 6.39. The Balaban J connectivity index is 2.13. The van der Waals surface area contributed by atoms with Crippen LogP contribution >= 0.6 is 11.8 Å². The van der Waals surface area contributed by atoms with E-state index < -0.39 is 5.97 Å². The number of hydrogen-bond acceptors (Lipinski definition) is 4. The average Bonchev–Trinajstić information content (AvgIpc) is 2.81. The van der Waals surface area contributed by atoms with E-state index in [0.717, 1.165) is 24.5 Å². The fraction of sp³-hybridized carbons (Fsp3) is 0.500. The minimum absolute atomic E-state index is 0.240. The molecule has 2 unspecified atom stereocenters. The van der Waals surface area contributed by atoms with Gasteiger partial charge in [0.25, 0.3) is 0 Å². The molecule has 1 saturated heterocycles. The van der Waals surface area contributed by atoms with Crippen molar-refractivity contribution in [1.29, 1.82) is 0 Å². The second-order valence-electron chi connectivity index (χ2n) is 4.69. The molecule has 1 fully saturated rings. The van der Waals surface area contributed by atoms with Gasteiger partial charge in [0.2, 0.25) is 0 Å². The van der Waals surface area contributed by atoms with Crippen LogP contribution in [0.5, 0.6) is 0 Å². The van der Waals surface area contributed by atoms with E-state index in [1.165, 1.54) is 11.8 Å². The summed E-state index contributed by atoms with van der Waals surface area (Å²) in [6.45, 7) is 3.61. The highest BCUT2D eigenvalue weighted by atomic mass is 32.2. The standard InChI is InChI=1S/C14H19NO3S/c1-9-10(6-7-18-9)8-15-11-4-3-5-12(19-2)13(11)14(16)17/h3-5,9-10,15H,6-8H2,1-2H3,(H,16,17). The minimum Gasteiger partial charge on any atom is -0.478 e. The molecule has 0 amide bonds. The number of benzene rings is 1. The highest BCUT2D eigenvalue weighted by Gasteiger charge is 2.24. The van der Waals surface area contributed by atoms with Crippen LogP contribution in [0.4, 0.5) is 5.69 Å². The lowest BCUT2D eigenvalue weighted by atomic mass is 10.0. The van der Waals surface area contributed by atoms with Crippen LogP contribution in [0.3, 0.4) is 0 Å². The van der Waals surface area contributed by atoms with Crippen molar-refractivity contribution in [3.8, 4) is 0 Å². The van der Waals surface area contributed by atoms with Gasteiger partial charge < -0.3 is 15.2 Å². The molecule has 19 heavy (non-hydrogen) atoms. The predicted molar refractivity (Wildman–Crippen MR) is 77.2 cm³/mol. The van der Waals surface area contributed by atoms with Gasteiger partial charge in [0, 0.05) is 29.7 Å².